The number of hydrogen-bond donors (Lipinski definition) is 1. The Hall–Kier alpha value is -2.07. The number of pyridine rings is 1. The number of thioether (sulfide) groups is 1. The quantitative estimate of drug-likeness (QED) is 0.577. The highest BCUT2D eigenvalue weighted by Crippen LogP contribution is 2.27. The minimum atomic E-state index is -0.224. The number of nitrogens with two attached hydrogens (primary N) is 1. The summed E-state index contributed by atoms with van der Waals surface area (Å²) in [5, 5.41) is 0.834. The number of benzene rings is 2. The van der Waals surface area contributed by atoms with Crippen molar-refractivity contribution >= 4 is 28.4 Å². The van der Waals surface area contributed by atoms with Crippen LogP contribution >= 0.6 is 11.8 Å². The molecule has 1 heterocycles. The molecule has 0 atom stereocenters. The van der Waals surface area contributed by atoms with Crippen LogP contribution in [-0.2, 0) is 5.75 Å². The zero-order valence-electron chi connectivity index (χ0n) is 10.7. The van der Waals surface area contributed by atoms with Gasteiger partial charge in [-0.3, -0.25) is 4.98 Å². The van der Waals surface area contributed by atoms with E-state index < -0.39 is 0 Å². The van der Waals surface area contributed by atoms with Gasteiger partial charge >= 0.3 is 0 Å². The molecule has 2 aromatic carbocycles. The summed E-state index contributed by atoms with van der Waals surface area (Å²) in [4.78, 5) is 5.45. The maximum Gasteiger partial charge on any atom is 0.124 e. The van der Waals surface area contributed by atoms with E-state index >= 15 is 0 Å². The molecule has 0 radical (unpaired) electrons. The number of nitrogens with zero attached hydrogens (tertiary/aromatic N) is 1. The van der Waals surface area contributed by atoms with E-state index in [1.807, 2.05) is 36.4 Å². The van der Waals surface area contributed by atoms with Gasteiger partial charge in [-0.25, -0.2) is 4.39 Å². The molecule has 0 unspecified atom stereocenters. The molecule has 0 saturated carbocycles. The van der Waals surface area contributed by atoms with Crippen LogP contribution in [0.3, 0.4) is 0 Å². The Labute approximate surface area is 120 Å². The molecule has 2 nitrogen and oxygen atoms in total. The molecule has 3 aromatic rings. The van der Waals surface area contributed by atoms with Crippen molar-refractivity contribution in [3.8, 4) is 0 Å². The third-order valence-electron chi connectivity index (χ3n) is 3.02. The highest BCUT2D eigenvalue weighted by Gasteiger charge is 2.06. The van der Waals surface area contributed by atoms with E-state index in [-0.39, 0.29) is 5.82 Å². The molecule has 0 bridgehead atoms. The van der Waals surface area contributed by atoms with Crippen molar-refractivity contribution in [2.45, 2.75) is 10.6 Å². The molecule has 0 aliphatic rings. The summed E-state index contributed by atoms with van der Waals surface area (Å²) >= 11 is 1.64. The van der Waals surface area contributed by atoms with E-state index in [1.165, 1.54) is 6.07 Å². The molecule has 0 aliphatic heterocycles. The first-order chi connectivity index (χ1) is 9.72. The summed E-state index contributed by atoms with van der Waals surface area (Å²) in [6.45, 7) is 0. The van der Waals surface area contributed by atoms with Crippen molar-refractivity contribution in [1.82, 2.24) is 4.98 Å². The molecule has 0 fully saturated rings. The molecule has 0 aliphatic carbocycles. The van der Waals surface area contributed by atoms with Gasteiger partial charge in [0.2, 0.25) is 0 Å². The average molecular weight is 284 g/mol. The van der Waals surface area contributed by atoms with Crippen LogP contribution in [0.15, 0.2) is 59.6 Å². The zero-order valence-corrected chi connectivity index (χ0v) is 11.5. The Bertz CT molecular complexity index is 741. The van der Waals surface area contributed by atoms with E-state index in [9.17, 15) is 4.39 Å². The first-order valence-electron chi connectivity index (χ1n) is 6.24. The Balaban J connectivity index is 1.88. The van der Waals surface area contributed by atoms with Gasteiger partial charge in [0.05, 0.1) is 5.52 Å². The molecule has 0 saturated heterocycles. The summed E-state index contributed by atoms with van der Waals surface area (Å²) in [7, 11) is 0. The first kappa shape index (κ1) is 12.9. The molecule has 3 rings (SSSR count). The third-order valence-corrected chi connectivity index (χ3v) is 4.08. The van der Waals surface area contributed by atoms with Crippen LogP contribution in [0.5, 0.6) is 0 Å². The van der Waals surface area contributed by atoms with E-state index in [1.54, 1.807) is 24.0 Å². The van der Waals surface area contributed by atoms with Gasteiger partial charge in [-0.1, -0.05) is 6.07 Å². The van der Waals surface area contributed by atoms with Crippen molar-refractivity contribution in [3.63, 3.8) is 0 Å². The number of halogens is 1. The lowest BCUT2D eigenvalue weighted by molar-refractivity contribution is 0.628. The summed E-state index contributed by atoms with van der Waals surface area (Å²) in [5.41, 5.74) is 8.17. The van der Waals surface area contributed by atoms with Gasteiger partial charge in [-0.2, -0.15) is 0 Å². The lowest BCUT2D eigenvalue weighted by Gasteiger charge is -2.06. The molecule has 0 spiro atoms. The summed E-state index contributed by atoms with van der Waals surface area (Å²) in [5.74, 6) is 0.452. The zero-order chi connectivity index (χ0) is 13.9. The number of aromatic nitrogens is 1. The van der Waals surface area contributed by atoms with Gasteiger partial charge in [0, 0.05) is 27.9 Å². The van der Waals surface area contributed by atoms with Crippen molar-refractivity contribution in [1.29, 1.82) is 0 Å². The monoisotopic (exact) mass is 284 g/mol. The van der Waals surface area contributed by atoms with Crippen LogP contribution in [0.25, 0.3) is 10.9 Å². The number of hydrogen-bond acceptors (Lipinski definition) is 3. The third kappa shape index (κ3) is 2.75. The minimum Gasteiger partial charge on any atom is -0.399 e. The van der Waals surface area contributed by atoms with E-state index in [0.717, 1.165) is 27.0 Å². The van der Waals surface area contributed by atoms with Crippen LogP contribution in [0.2, 0.25) is 0 Å². The SMILES string of the molecule is Nc1ccc(SCc2cc(F)cc3cccnc23)cc1. The average Bonchev–Trinajstić information content (AvgIpc) is 2.46. The molecular formula is C16H13FN2S. The smallest absolute Gasteiger partial charge is 0.124 e. The number of anilines is 1. The van der Waals surface area contributed by atoms with Gasteiger partial charge in [-0.05, 0) is 48.0 Å². The van der Waals surface area contributed by atoms with E-state index in [4.69, 9.17) is 5.73 Å². The summed E-state index contributed by atoms with van der Waals surface area (Å²) in [6, 6.07) is 14.4. The maximum atomic E-state index is 13.6. The maximum absolute atomic E-state index is 13.6. The second-order valence-electron chi connectivity index (χ2n) is 4.50. The van der Waals surface area contributed by atoms with Crippen LogP contribution < -0.4 is 5.73 Å². The molecule has 0 amide bonds. The van der Waals surface area contributed by atoms with Crippen LogP contribution in [-0.4, -0.2) is 4.98 Å². The van der Waals surface area contributed by atoms with Crippen LogP contribution in [0.4, 0.5) is 10.1 Å². The first-order valence-corrected chi connectivity index (χ1v) is 7.22. The molecule has 1 aromatic heterocycles. The standard InChI is InChI=1S/C16H13FN2S/c17-13-8-11-2-1-7-19-16(11)12(9-13)10-20-15-5-3-14(18)4-6-15/h1-9H,10,18H2. The van der Waals surface area contributed by atoms with Crippen molar-refractivity contribution in [3.05, 3.63) is 66.1 Å². The topological polar surface area (TPSA) is 38.9 Å². The lowest BCUT2D eigenvalue weighted by Crippen LogP contribution is -1.90. The number of rotatable bonds is 3. The van der Waals surface area contributed by atoms with Gasteiger partial charge in [0.1, 0.15) is 5.82 Å². The predicted octanol–water partition coefficient (Wildman–Crippen LogP) is 4.25. The Morgan fingerprint density at radius 3 is 2.70 bits per heavy atom. The number of nitrogen functional groups attached to an aromatic ring is 1. The fourth-order valence-corrected chi connectivity index (χ4v) is 2.93. The van der Waals surface area contributed by atoms with Crippen molar-refractivity contribution in [2.24, 2.45) is 0 Å². The van der Waals surface area contributed by atoms with E-state index in [0.29, 0.717) is 5.75 Å². The van der Waals surface area contributed by atoms with Gasteiger partial charge in [0.15, 0.2) is 0 Å². The van der Waals surface area contributed by atoms with Crippen LogP contribution in [0.1, 0.15) is 5.56 Å². The molecule has 4 heteroatoms. The van der Waals surface area contributed by atoms with E-state index in [2.05, 4.69) is 4.98 Å². The second kappa shape index (κ2) is 5.51. The molecular weight excluding hydrogens is 271 g/mol. The van der Waals surface area contributed by atoms with Crippen LogP contribution in [0, 0.1) is 5.82 Å². The van der Waals surface area contributed by atoms with Crippen molar-refractivity contribution < 1.29 is 4.39 Å². The van der Waals surface area contributed by atoms with Gasteiger partial charge in [-0.15, -0.1) is 11.8 Å². The Morgan fingerprint density at radius 2 is 1.90 bits per heavy atom. The molecule has 2 N–H and O–H groups in total. The Morgan fingerprint density at radius 1 is 1.10 bits per heavy atom. The minimum absolute atomic E-state index is 0.224. The predicted molar refractivity (Wildman–Crippen MR) is 82.1 cm³/mol. The summed E-state index contributed by atoms with van der Waals surface area (Å²) in [6.07, 6.45) is 1.73. The highest BCUT2D eigenvalue weighted by molar-refractivity contribution is 7.98. The summed E-state index contributed by atoms with van der Waals surface area (Å²) < 4.78 is 13.6. The highest BCUT2D eigenvalue weighted by atomic mass is 32.2. The van der Waals surface area contributed by atoms with Gasteiger partial charge in [0.25, 0.3) is 0 Å². The fourth-order valence-electron chi connectivity index (χ4n) is 2.06. The normalized spacial score (nSPS) is 10.8. The number of fused-ring (bicyclic) bond motifs is 1. The lowest BCUT2D eigenvalue weighted by atomic mass is 10.1. The molecule has 20 heavy (non-hydrogen) atoms. The van der Waals surface area contributed by atoms with Crippen molar-refractivity contribution in [2.75, 3.05) is 5.73 Å². The van der Waals surface area contributed by atoms with Gasteiger partial charge < -0.3 is 5.73 Å². The second-order valence-corrected chi connectivity index (χ2v) is 5.55. The largest absolute Gasteiger partial charge is 0.399 e. The Kier molecular flexibility index (Phi) is 3.56. The molecule has 100 valence electrons. The fraction of sp³-hybridized carbons (Fsp3) is 0.0625.